The first kappa shape index (κ1) is 14.8. The number of hydrogen-bond acceptors (Lipinski definition) is 4. The summed E-state index contributed by atoms with van der Waals surface area (Å²) in [6.07, 6.45) is -0.587. The summed E-state index contributed by atoms with van der Waals surface area (Å²) in [6.45, 7) is 2.02. The van der Waals surface area contributed by atoms with Crippen LogP contribution in [0.3, 0.4) is 0 Å². The van der Waals surface area contributed by atoms with Crippen molar-refractivity contribution in [3.8, 4) is 11.6 Å². The molecule has 1 aromatic carbocycles. The van der Waals surface area contributed by atoms with Crippen molar-refractivity contribution in [3.63, 3.8) is 0 Å². The van der Waals surface area contributed by atoms with Gasteiger partial charge in [-0.2, -0.15) is 0 Å². The minimum Gasteiger partial charge on any atom is -0.487 e. The lowest BCUT2D eigenvalue weighted by atomic mass is 10.1. The molecule has 0 saturated carbocycles. The second kappa shape index (κ2) is 6.72. The van der Waals surface area contributed by atoms with Crippen molar-refractivity contribution in [2.45, 2.75) is 19.6 Å². The van der Waals surface area contributed by atoms with Gasteiger partial charge in [0.25, 0.3) is 0 Å². The SMILES string of the molecule is COc1cccc(COc2cc(Br)ccc2C(C)O)n1. The summed E-state index contributed by atoms with van der Waals surface area (Å²) in [5.74, 6) is 1.19. The van der Waals surface area contributed by atoms with E-state index in [9.17, 15) is 5.11 Å². The van der Waals surface area contributed by atoms with Gasteiger partial charge in [0, 0.05) is 16.1 Å². The maximum absolute atomic E-state index is 9.74. The highest BCUT2D eigenvalue weighted by Crippen LogP contribution is 2.29. The largest absolute Gasteiger partial charge is 0.487 e. The van der Waals surface area contributed by atoms with E-state index in [1.807, 2.05) is 30.3 Å². The molecule has 0 saturated heterocycles. The Balaban J connectivity index is 2.15. The Hall–Kier alpha value is -1.59. The second-order valence-electron chi connectivity index (χ2n) is 4.32. The molecule has 0 bridgehead atoms. The van der Waals surface area contributed by atoms with Crippen molar-refractivity contribution < 1.29 is 14.6 Å². The van der Waals surface area contributed by atoms with Gasteiger partial charge in [-0.05, 0) is 25.1 Å². The third-order valence-corrected chi connectivity index (χ3v) is 3.28. The zero-order valence-electron chi connectivity index (χ0n) is 11.3. The average molecular weight is 338 g/mol. The van der Waals surface area contributed by atoms with E-state index in [0.717, 1.165) is 15.7 Å². The number of aliphatic hydroxyl groups is 1. The lowest BCUT2D eigenvalue weighted by Crippen LogP contribution is -2.03. The standard InChI is InChI=1S/C15H16BrNO3/c1-10(18)13-7-6-11(16)8-14(13)20-9-12-4-3-5-15(17-12)19-2/h3-8,10,18H,9H2,1-2H3. The molecule has 0 amide bonds. The number of methoxy groups -OCH3 is 1. The summed E-state index contributed by atoms with van der Waals surface area (Å²) in [5.41, 5.74) is 1.51. The Bertz CT molecular complexity index is 587. The van der Waals surface area contributed by atoms with Crippen molar-refractivity contribution >= 4 is 15.9 Å². The zero-order chi connectivity index (χ0) is 14.5. The second-order valence-corrected chi connectivity index (χ2v) is 5.23. The van der Waals surface area contributed by atoms with Gasteiger partial charge in [-0.25, -0.2) is 4.98 Å². The summed E-state index contributed by atoms with van der Waals surface area (Å²) in [5, 5.41) is 9.74. The van der Waals surface area contributed by atoms with E-state index in [-0.39, 0.29) is 0 Å². The number of rotatable bonds is 5. The molecule has 1 unspecified atom stereocenters. The van der Waals surface area contributed by atoms with Crippen LogP contribution in [0.1, 0.15) is 24.3 Å². The summed E-state index contributed by atoms with van der Waals surface area (Å²) < 4.78 is 11.7. The lowest BCUT2D eigenvalue weighted by molar-refractivity contribution is 0.189. The van der Waals surface area contributed by atoms with E-state index in [4.69, 9.17) is 9.47 Å². The van der Waals surface area contributed by atoms with Crippen LogP contribution in [0.15, 0.2) is 40.9 Å². The molecule has 2 aromatic rings. The fourth-order valence-electron chi connectivity index (χ4n) is 1.78. The number of aromatic nitrogens is 1. The Morgan fingerprint density at radius 1 is 1.30 bits per heavy atom. The van der Waals surface area contributed by atoms with Crippen LogP contribution < -0.4 is 9.47 Å². The molecular weight excluding hydrogens is 322 g/mol. The van der Waals surface area contributed by atoms with Crippen molar-refractivity contribution in [1.29, 1.82) is 0 Å². The predicted molar refractivity (Wildman–Crippen MR) is 79.9 cm³/mol. The molecule has 0 aliphatic heterocycles. The van der Waals surface area contributed by atoms with Crippen molar-refractivity contribution in [2.75, 3.05) is 7.11 Å². The van der Waals surface area contributed by atoms with Gasteiger partial charge in [0.05, 0.1) is 18.9 Å². The number of aliphatic hydroxyl groups excluding tert-OH is 1. The van der Waals surface area contributed by atoms with Crippen LogP contribution in [0.4, 0.5) is 0 Å². The van der Waals surface area contributed by atoms with Gasteiger partial charge in [-0.1, -0.05) is 28.1 Å². The van der Waals surface area contributed by atoms with Gasteiger partial charge in [0.2, 0.25) is 5.88 Å². The molecule has 20 heavy (non-hydrogen) atoms. The van der Waals surface area contributed by atoms with Crippen LogP contribution in [-0.4, -0.2) is 17.2 Å². The van der Waals surface area contributed by atoms with Gasteiger partial charge in [0.15, 0.2) is 0 Å². The third kappa shape index (κ3) is 3.71. The molecule has 4 nitrogen and oxygen atoms in total. The van der Waals surface area contributed by atoms with E-state index < -0.39 is 6.10 Å². The summed E-state index contributed by atoms with van der Waals surface area (Å²) in [4.78, 5) is 4.28. The third-order valence-electron chi connectivity index (χ3n) is 2.79. The van der Waals surface area contributed by atoms with Crippen molar-refractivity contribution in [1.82, 2.24) is 4.98 Å². The van der Waals surface area contributed by atoms with Crippen LogP contribution in [0, 0.1) is 0 Å². The van der Waals surface area contributed by atoms with Crippen molar-refractivity contribution in [2.24, 2.45) is 0 Å². The predicted octanol–water partition coefficient (Wildman–Crippen LogP) is 3.49. The molecule has 0 spiro atoms. The van der Waals surface area contributed by atoms with Crippen LogP contribution in [0.5, 0.6) is 11.6 Å². The van der Waals surface area contributed by atoms with Crippen molar-refractivity contribution in [3.05, 3.63) is 52.1 Å². The minimum absolute atomic E-state index is 0.313. The first-order valence-corrected chi connectivity index (χ1v) is 6.99. The van der Waals surface area contributed by atoms with Gasteiger partial charge in [-0.15, -0.1) is 0 Å². The molecule has 1 atom stereocenters. The van der Waals surface area contributed by atoms with Crippen LogP contribution in [0.25, 0.3) is 0 Å². The highest BCUT2D eigenvalue weighted by atomic mass is 79.9. The van der Waals surface area contributed by atoms with E-state index in [1.54, 1.807) is 20.1 Å². The first-order chi connectivity index (χ1) is 9.60. The zero-order valence-corrected chi connectivity index (χ0v) is 12.9. The molecule has 0 radical (unpaired) electrons. The normalized spacial score (nSPS) is 12.0. The molecule has 0 aliphatic carbocycles. The Morgan fingerprint density at radius 2 is 2.10 bits per heavy atom. The highest BCUT2D eigenvalue weighted by molar-refractivity contribution is 9.10. The van der Waals surface area contributed by atoms with E-state index in [2.05, 4.69) is 20.9 Å². The number of pyridine rings is 1. The average Bonchev–Trinajstić information content (AvgIpc) is 2.45. The fourth-order valence-corrected chi connectivity index (χ4v) is 2.12. The Kier molecular flexibility index (Phi) is 4.98. The topological polar surface area (TPSA) is 51.6 Å². The molecule has 106 valence electrons. The van der Waals surface area contributed by atoms with Gasteiger partial charge in [-0.3, -0.25) is 0 Å². The molecule has 1 heterocycles. The lowest BCUT2D eigenvalue weighted by Gasteiger charge is -2.14. The first-order valence-electron chi connectivity index (χ1n) is 6.20. The smallest absolute Gasteiger partial charge is 0.213 e. The quantitative estimate of drug-likeness (QED) is 0.907. The summed E-state index contributed by atoms with van der Waals surface area (Å²) in [7, 11) is 1.58. The monoisotopic (exact) mass is 337 g/mol. The van der Waals surface area contributed by atoms with E-state index >= 15 is 0 Å². The molecule has 0 aliphatic rings. The van der Waals surface area contributed by atoms with E-state index in [0.29, 0.717) is 18.2 Å². The minimum atomic E-state index is -0.587. The molecule has 5 heteroatoms. The maximum atomic E-state index is 9.74. The van der Waals surface area contributed by atoms with Crippen LogP contribution >= 0.6 is 15.9 Å². The Labute approximate surface area is 126 Å². The maximum Gasteiger partial charge on any atom is 0.213 e. The van der Waals surface area contributed by atoms with Gasteiger partial charge < -0.3 is 14.6 Å². The summed E-state index contributed by atoms with van der Waals surface area (Å²) in [6, 6.07) is 11.1. The summed E-state index contributed by atoms with van der Waals surface area (Å²) >= 11 is 3.40. The Morgan fingerprint density at radius 3 is 2.80 bits per heavy atom. The van der Waals surface area contributed by atoms with Gasteiger partial charge in [0.1, 0.15) is 12.4 Å². The molecular formula is C15H16BrNO3. The number of ether oxygens (including phenoxy) is 2. The van der Waals surface area contributed by atoms with Gasteiger partial charge >= 0.3 is 0 Å². The molecule has 1 aromatic heterocycles. The number of nitrogens with zero attached hydrogens (tertiary/aromatic N) is 1. The van der Waals surface area contributed by atoms with Crippen LogP contribution in [0.2, 0.25) is 0 Å². The van der Waals surface area contributed by atoms with E-state index in [1.165, 1.54) is 0 Å². The number of hydrogen-bond donors (Lipinski definition) is 1. The fraction of sp³-hybridized carbons (Fsp3) is 0.267. The molecule has 2 rings (SSSR count). The highest BCUT2D eigenvalue weighted by Gasteiger charge is 2.10. The van der Waals surface area contributed by atoms with Crippen LogP contribution in [-0.2, 0) is 6.61 Å². The molecule has 1 N–H and O–H groups in total. The molecule has 0 fully saturated rings. The number of halogens is 1. The number of benzene rings is 1.